The fourth-order valence-corrected chi connectivity index (χ4v) is 7.77. The van der Waals surface area contributed by atoms with Gasteiger partial charge in [-0.05, 0) is 0 Å². The number of rotatable bonds is 5. The Bertz CT molecular complexity index is 774. The standard InChI is InChI=1S/C24H28NOP/c1-24(2,3)23(26)25-19-27(20-13-7-4-8-14-20,21-15-9-5-10-16-21)22-17-11-6-12-18-22/h4-18,27H,19H2,1-3H3,(H,25,26). The van der Waals surface area contributed by atoms with Crippen LogP contribution in [0.1, 0.15) is 20.8 Å². The molecule has 0 fully saturated rings. The summed E-state index contributed by atoms with van der Waals surface area (Å²) in [4.78, 5) is 12.7. The first-order valence-electron chi connectivity index (χ1n) is 9.39. The van der Waals surface area contributed by atoms with Crippen molar-refractivity contribution in [1.29, 1.82) is 0 Å². The molecule has 0 bridgehead atoms. The Kier molecular flexibility index (Phi) is 5.77. The van der Waals surface area contributed by atoms with Crippen molar-refractivity contribution >= 4 is 29.1 Å². The van der Waals surface area contributed by atoms with Crippen molar-refractivity contribution in [2.24, 2.45) is 5.41 Å². The number of carbonyl (C=O) groups excluding carboxylic acids is 1. The minimum absolute atomic E-state index is 0.0853. The third-order valence-electron chi connectivity index (χ3n) is 5.00. The quantitative estimate of drug-likeness (QED) is 0.673. The molecular formula is C24H28NOP. The Morgan fingerprint density at radius 1 is 0.704 bits per heavy atom. The Balaban J connectivity index is 2.18. The van der Waals surface area contributed by atoms with E-state index in [-0.39, 0.29) is 5.91 Å². The maximum absolute atomic E-state index is 12.7. The molecule has 0 aliphatic heterocycles. The molecule has 0 atom stereocenters. The van der Waals surface area contributed by atoms with Crippen molar-refractivity contribution in [1.82, 2.24) is 5.32 Å². The number of hydrogen-bond acceptors (Lipinski definition) is 1. The van der Waals surface area contributed by atoms with Gasteiger partial charge in [-0.1, -0.05) is 0 Å². The summed E-state index contributed by atoms with van der Waals surface area (Å²) < 4.78 is 0. The van der Waals surface area contributed by atoms with Gasteiger partial charge in [0.15, 0.2) is 0 Å². The predicted molar refractivity (Wildman–Crippen MR) is 119 cm³/mol. The molecular weight excluding hydrogens is 349 g/mol. The second-order valence-corrected chi connectivity index (χ2v) is 11.8. The summed E-state index contributed by atoms with van der Waals surface area (Å²) in [7, 11) is -2.40. The van der Waals surface area contributed by atoms with E-state index in [4.69, 9.17) is 0 Å². The Morgan fingerprint density at radius 3 is 1.33 bits per heavy atom. The molecule has 3 aromatic rings. The molecule has 0 spiro atoms. The van der Waals surface area contributed by atoms with E-state index in [0.29, 0.717) is 6.29 Å². The van der Waals surface area contributed by atoms with Gasteiger partial charge in [-0.3, -0.25) is 0 Å². The number of hydrogen-bond donors (Lipinski definition) is 1. The van der Waals surface area contributed by atoms with Crippen LogP contribution in [0.25, 0.3) is 0 Å². The summed E-state index contributed by atoms with van der Waals surface area (Å²) >= 11 is 0. The topological polar surface area (TPSA) is 29.1 Å². The Morgan fingerprint density at radius 2 is 1.04 bits per heavy atom. The van der Waals surface area contributed by atoms with Crippen LogP contribution in [-0.2, 0) is 4.79 Å². The third-order valence-corrected chi connectivity index (χ3v) is 9.66. The average Bonchev–Trinajstić information content (AvgIpc) is 2.70. The zero-order chi connectivity index (χ0) is 19.3. The van der Waals surface area contributed by atoms with Crippen LogP contribution in [0, 0.1) is 5.41 Å². The number of benzene rings is 3. The van der Waals surface area contributed by atoms with Crippen molar-refractivity contribution in [2.45, 2.75) is 20.8 Å². The monoisotopic (exact) mass is 377 g/mol. The zero-order valence-electron chi connectivity index (χ0n) is 16.3. The van der Waals surface area contributed by atoms with Crippen molar-refractivity contribution in [3.8, 4) is 0 Å². The van der Waals surface area contributed by atoms with Gasteiger partial charge in [-0.25, -0.2) is 0 Å². The molecule has 0 aromatic heterocycles. The van der Waals surface area contributed by atoms with Gasteiger partial charge in [0.05, 0.1) is 0 Å². The van der Waals surface area contributed by atoms with Crippen LogP contribution in [0.5, 0.6) is 0 Å². The Labute approximate surface area is 163 Å². The molecule has 1 N–H and O–H groups in total. The number of amides is 1. The molecule has 0 heterocycles. The van der Waals surface area contributed by atoms with Gasteiger partial charge in [0.25, 0.3) is 0 Å². The van der Waals surface area contributed by atoms with Crippen LogP contribution in [-0.4, -0.2) is 12.2 Å². The van der Waals surface area contributed by atoms with Gasteiger partial charge in [-0.2, -0.15) is 0 Å². The van der Waals surface area contributed by atoms with Gasteiger partial charge in [-0.15, -0.1) is 0 Å². The molecule has 3 aromatic carbocycles. The molecule has 0 saturated heterocycles. The van der Waals surface area contributed by atoms with Crippen LogP contribution in [0.4, 0.5) is 0 Å². The summed E-state index contributed by atoms with van der Waals surface area (Å²) in [6.45, 7) is 5.87. The zero-order valence-corrected chi connectivity index (χ0v) is 17.3. The summed E-state index contributed by atoms with van der Waals surface area (Å²) in [5.41, 5.74) is -0.412. The van der Waals surface area contributed by atoms with Crippen LogP contribution < -0.4 is 21.2 Å². The first kappa shape index (κ1) is 19.3. The minimum atomic E-state index is -2.40. The molecule has 0 saturated carbocycles. The molecule has 27 heavy (non-hydrogen) atoms. The fraction of sp³-hybridized carbons (Fsp3) is 0.208. The van der Waals surface area contributed by atoms with E-state index >= 15 is 0 Å². The molecule has 0 unspecified atom stereocenters. The second-order valence-electron chi connectivity index (χ2n) is 7.94. The summed E-state index contributed by atoms with van der Waals surface area (Å²) in [6.07, 6.45) is 0.640. The molecule has 0 aliphatic carbocycles. The van der Waals surface area contributed by atoms with E-state index in [1.54, 1.807) is 0 Å². The van der Waals surface area contributed by atoms with Crippen LogP contribution >= 0.6 is 7.26 Å². The van der Waals surface area contributed by atoms with Crippen LogP contribution in [0.3, 0.4) is 0 Å². The summed E-state index contributed by atoms with van der Waals surface area (Å²) in [6, 6.07) is 31.9. The number of nitrogens with one attached hydrogen (secondary N) is 1. The summed E-state index contributed by atoms with van der Waals surface area (Å²) in [5, 5.41) is 7.19. The second kappa shape index (κ2) is 8.06. The van der Waals surface area contributed by atoms with E-state index in [0.717, 1.165) is 0 Å². The van der Waals surface area contributed by atoms with Crippen molar-refractivity contribution in [2.75, 3.05) is 6.29 Å². The van der Waals surface area contributed by atoms with Crippen molar-refractivity contribution in [3.63, 3.8) is 0 Å². The van der Waals surface area contributed by atoms with Gasteiger partial charge in [0, 0.05) is 0 Å². The molecule has 0 radical (unpaired) electrons. The Hall–Kier alpha value is -2.44. The van der Waals surface area contributed by atoms with Gasteiger partial charge in [0.2, 0.25) is 0 Å². The van der Waals surface area contributed by atoms with E-state index in [9.17, 15) is 4.79 Å². The maximum atomic E-state index is 12.7. The number of carbonyl (C=O) groups is 1. The van der Waals surface area contributed by atoms with Crippen LogP contribution in [0.15, 0.2) is 91.0 Å². The van der Waals surface area contributed by atoms with Gasteiger partial charge in [0.1, 0.15) is 0 Å². The molecule has 0 aliphatic rings. The molecule has 1 amide bonds. The molecule has 140 valence electrons. The van der Waals surface area contributed by atoms with E-state index in [1.807, 2.05) is 39.0 Å². The third kappa shape index (κ3) is 4.12. The summed E-state index contributed by atoms with van der Waals surface area (Å²) in [5.74, 6) is 0.0853. The first-order valence-corrected chi connectivity index (χ1v) is 11.6. The van der Waals surface area contributed by atoms with Crippen LogP contribution in [0.2, 0.25) is 0 Å². The normalized spacial score (nSPS) is 12.4. The van der Waals surface area contributed by atoms with E-state index in [1.165, 1.54) is 15.9 Å². The van der Waals surface area contributed by atoms with E-state index < -0.39 is 12.7 Å². The van der Waals surface area contributed by atoms with Crippen molar-refractivity contribution < 1.29 is 4.79 Å². The van der Waals surface area contributed by atoms with E-state index in [2.05, 4.69) is 78.1 Å². The fourth-order valence-electron chi connectivity index (χ4n) is 3.45. The molecule has 3 heteroatoms. The van der Waals surface area contributed by atoms with Crippen molar-refractivity contribution in [3.05, 3.63) is 91.0 Å². The first-order chi connectivity index (χ1) is 12.9. The predicted octanol–water partition coefficient (Wildman–Crippen LogP) is 3.83. The molecule has 2 nitrogen and oxygen atoms in total. The van der Waals surface area contributed by atoms with Gasteiger partial charge < -0.3 is 0 Å². The SMILES string of the molecule is CC(C)(C)C(=O)NC[PH](c1ccccc1)(c1ccccc1)c1ccccc1. The van der Waals surface area contributed by atoms with Gasteiger partial charge >= 0.3 is 163 Å². The molecule has 3 rings (SSSR count). The average molecular weight is 377 g/mol.